The van der Waals surface area contributed by atoms with E-state index < -0.39 is 6.10 Å². The molecule has 0 aromatic heterocycles. The van der Waals surface area contributed by atoms with Crippen LogP contribution in [0.1, 0.15) is 25.8 Å². The molecule has 0 bridgehead atoms. The number of carbonyl (C=O) groups excluding carboxylic acids is 1. The molecule has 2 aromatic rings. The third-order valence-corrected chi connectivity index (χ3v) is 3.46. The minimum atomic E-state index is -0.467. The minimum absolute atomic E-state index is 0.0481. The lowest BCUT2D eigenvalue weighted by Crippen LogP contribution is -2.33. The molecule has 0 saturated heterocycles. The summed E-state index contributed by atoms with van der Waals surface area (Å²) >= 11 is 0. The van der Waals surface area contributed by atoms with Crippen molar-refractivity contribution in [3.63, 3.8) is 0 Å². The normalized spacial score (nSPS) is 12.6. The molecule has 2 rings (SSSR count). The van der Waals surface area contributed by atoms with Crippen molar-refractivity contribution in [2.75, 3.05) is 6.54 Å². The fourth-order valence-electron chi connectivity index (χ4n) is 2.46. The Morgan fingerprint density at radius 1 is 1.14 bits per heavy atom. The Morgan fingerprint density at radius 3 is 2.57 bits per heavy atom. The summed E-state index contributed by atoms with van der Waals surface area (Å²) in [5, 5.41) is 14.9. The lowest BCUT2D eigenvalue weighted by Gasteiger charge is -2.14. The van der Waals surface area contributed by atoms with E-state index in [1.165, 1.54) is 5.39 Å². The van der Waals surface area contributed by atoms with E-state index in [0.717, 1.165) is 10.9 Å². The molecular formula is C18H23NO2. The highest BCUT2D eigenvalue weighted by Crippen LogP contribution is 2.15. The number of aliphatic hydroxyl groups excluding tert-OH is 1. The maximum atomic E-state index is 11.9. The molecule has 0 spiro atoms. The predicted molar refractivity (Wildman–Crippen MR) is 86.1 cm³/mol. The summed E-state index contributed by atoms with van der Waals surface area (Å²) in [6, 6.07) is 14.2. The van der Waals surface area contributed by atoms with Crippen LogP contribution in [0.5, 0.6) is 0 Å². The van der Waals surface area contributed by atoms with Crippen LogP contribution in [0.3, 0.4) is 0 Å². The highest BCUT2D eigenvalue weighted by atomic mass is 16.3. The van der Waals surface area contributed by atoms with Crippen LogP contribution in [-0.4, -0.2) is 23.7 Å². The number of rotatable bonds is 6. The average molecular weight is 285 g/mol. The van der Waals surface area contributed by atoms with Gasteiger partial charge >= 0.3 is 0 Å². The molecule has 1 amide bonds. The SMILES string of the molecule is CC(C)CC(O)CNC(=O)Cc1ccc2ccccc2c1. The van der Waals surface area contributed by atoms with Gasteiger partial charge in [-0.1, -0.05) is 56.3 Å². The van der Waals surface area contributed by atoms with Crippen LogP contribution in [0, 0.1) is 5.92 Å². The predicted octanol–water partition coefficient (Wildman–Crippen LogP) is 2.91. The van der Waals surface area contributed by atoms with Gasteiger partial charge in [0.25, 0.3) is 0 Å². The van der Waals surface area contributed by atoms with Gasteiger partial charge in [0.1, 0.15) is 0 Å². The number of hydrogen-bond acceptors (Lipinski definition) is 2. The van der Waals surface area contributed by atoms with Gasteiger partial charge in [0.15, 0.2) is 0 Å². The molecule has 0 radical (unpaired) electrons. The zero-order valence-corrected chi connectivity index (χ0v) is 12.7. The first kappa shape index (κ1) is 15.5. The first-order valence-electron chi connectivity index (χ1n) is 7.47. The van der Waals surface area contributed by atoms with Crippen molar-refractivity contribution in [1.82, 2.24) is 5.32 Å². The van der Waals surface area contributed by atoms with E-state index in [-0.39, 0.29) is 5.91 Å². The monoisotopic (exact) mass is 285 g/mol. The van der Waals surface area contributed by atoms with Crippen molar-refractivity contribution in [3.8, 4) is 0 Å². The standard InChI is InChI=1S/C18H23NO2/c1-13(2)9-17(20)12-19-18(21)11-14-7-8-15-5-3-4-6-16(15)10-14/h3-8,10,13,17,20H,9,11-12H2,1-2H3,(H,19,21). The number of carbonyl (C=O) groups is 1. The fraction of sp³-hybridized carbons (Fsp3) is 0.389. The molecule has 2 aromatic carbocycles. The van der Waals surface area contributed by atoms with E-state index >= 15 is 0 Å². The van der Waals surface area contributed by atoms with Crippen LogP contribution in [-0.2, 0) is 11.2 Å². The highest BCUT2D eigenvalue weighted by Gasteiger charge is 2.09. The summed E-state index contributed by atoms with van der Waals surface area (Å²) in [4.78, 5) is 11.9. The Bertz CT molecular complexity index is 607. The molecule has 1 atom stereocenters. The number of nitrogens with one attached hydrogen (secondary N) is 1. The van der Waals surface area contributed by atoms with E-state index in [4.69, 9.17) is 0 Å². The van der Waals surface area contributed by atoms with Crippen molar-refractivity contribution in [2.45, 2.75) is 32.8 Å². The molecule has 1 unspecified atom stereocenters. The van der Waals surface area contributed by atoms with E-state index in [9.17, 15) is 9.90 Å². The van der Waals surface area contributed by atoms with Gasteiger partial charge in [-0.05, 0) is 28.7 Å². The Hall–Kier alpha value is -1.87. The number of benzene rings is 2. The molecule has 0 aliphatic heterocycles. The first-order valence-corrected chi connectivity index (χ1v) is 7.47. The van der Waals surface area contributed by atoms with Crippen molar-refractivity contribution >= 4 is 16.7 Å². The Balaban J connectivity index is 1.89. The van der Waals surface area contributed by atoms with Crippen molar-refractivity contribution in [1.29, 1.82) is 0 Å². The first-order chi connectivity index (χ1) is 10.0. The molecule has 2 N–H and O–H groups in total. The molecular weight excluding hydrogens is 262 g/mol. The van der Waals surface area contributed by atoms with Gasteiger partial charge < -0.3 is 10.4 Å². The van der Waals surface area contributed by atoms with Gasteiger partial charge in [-0.15, -0.1) is 0 Å². The molecule has 3 nitrogen and oxygen atoms in total. The molecule has 3 heteroatoms. The summed E-state index contributed by atoms with van der Waals surface area (Å²) in [7, 11) is 0. The molecule has 0 saturated carbocycles. The van der Waals surface area contributed by atoms with Crippen LogP contribution >= 0.6 is 0 Å². The van der Waals surface area contributed by atoms with Crippen LogP contribution in [0.2, 0.25) is 0 Å². The van der Waals surface area contributed by atoms with E-state index in [0.29, 0.717) is 25.3 Å². The van der Waals surface area contributed by atoms with Crippen molar-refractivity contribution in [2.24, 2.45) is 5.92 Å². The maximum Gasteiger partial charge on any atom is 0.224 e. The molecule has 0 heterocycles. The second-order valence-corrected chi connectivity index (χ2v) is 5.95. The number of amides is 1. The Labute approximate surface area is 126 Å². The molecule has 112 valence electrons. The third kappa shape index (κ3) is 4.87. The molecule has 0 aliphatic rings. The average Bonchev–Trinajstić information content (AvgIpc) is 2.44. The van der Waals surface area contributed by atoms with Gasteiger partial charge in [0, 0.05) is 6.54 Å². The zero-order chi connectivity index (χ0) is 15.2. The third-order valence-electron chi connectivity index (χ3n) is 3.46. The Kier molecular flexibility index (Phi) is 5.34. The van der Waals surface area contributed by atoms with Crippen molar-refractivity contribution in [3.05, 3.63) is 48.0 Å². The second-order valence-electron chi connectivity index (χ2n) is 5.95. The van der Waals surface area contributed by atoms with Gasteiger partial charge in [-0.3, -0.25) is 4.79 Å². The van der Waals surface area contributed by atoms with Gasteiger partial charge in [0.05, 0.1) is 12.5 Å². The summed E-state index contributed by atoms with van der Waals surface area (Å²) in [6.45, 7) is 4.44. The lowest BCUT2D eigenvalue weighted by atomic mass is 10.0. The van der Waals surface area contributed by atoms with Crippen LogP contribution in [0.4, 0.5) is 0 Å². The van der Waals surface area contributed by atoms with E-state index in [2.05, 4.69) is 25.2 Å². The fourth-order valence-corrected chi connectivity index (χ4v) is 2.46. The Morgan fingerprint density at radius 2 is 1.86 bits per heavy atom. The van der Waals surface area contributed by atoms with Crippen LogP contribution < -0.4 is 5.32 Å². The van der Waals surface area contributed by atoms with Crippen molar-refractivity contribution < 1.29 is 9.90 Å². The topological polar surface area (TPSA) is 49.3 Å². The number of aliphatic hydroxyl groups is 1. The smallest absolute Gasteiger partial charge is 0.224 e. The number of fused-ring (bicyclic) bond motifs is 1. The minimum Gasteiger partial charge on any atom is -0.391 e. The van der Waals surface area contributed by atoms with Gasteiger partial charge in [-0.25, -0.2) is 0 Å². The molecule has 0 aliphatic carbocycles. The molecule has 21 heavy (non-hydrogen) atoms. The quantitative estimate of drug-likeness (QED) is 0.857. The zero-order valence-electron chi connectivity index (χ0n) is 12.7. The van der Waals surface area contributed by atoms with E-state index in [1.54, 1.807) is 0 Å². The summed E-state index contributed by atoms with van der Waals surface area (Å²) in [5.41, 5.74) is 0.990. The van der Waals surface area contributed by atoms with Gasteiger partial charge in [0.2, 0.25) is 5.91 Å². The summed E-state index contributed by atoms with van der Waals surface area (Å²) < 4.78 is 0. The highest BCUT2D eigenvalue weighted by molar-refractivity contribution is 5.85. The summed E-state index contributed by atoms with van der Waals surface area (Å²) in [6.07, 6.45) is 0.584. The van der Waals surface area contributed by atoms with Crippen LogP contribution in [0.15, 0.2) is 42.5 Å². The number of hydrogen-bond donors (Lipinski definition) is 2. The van der Waals surface area contributed by atoms with Crippen LogP contribution in [0.25, 0.3) is 10.8 Å². The largest absolute Gasteiger partial charge is 0.391 e. The van der Waals surface area contributed by atoms with E-state index in [1.807, 2.05) is 36.4 Å². The van der Waals surface area contributed by atoms with Gasteiger partial charge in [-0.2, -0.15) is 0 Å². The second kappa shape index (κ2) is 7.23. The maximum absolute atomic E-state index is 11.9. The molecule has 0 fully saturated rings. The lowest BCUT2D eigenvalue weighted by molar-refractivity contribution is -0.120. The summed E-state index contributed by atoms with van der Waals surface area (Å²) in [5.74, 6) is 0.380.